The first-order valence-electron chi connectivity index (χ1n) is 4.74. The van der Waals surface area contributed by atoms with Crippen molar-refractivity contribution in [2.24, 2.45) is 0 Å². The molecule has 0 saturated carbocycles. The largest absolute Gasteiger partial charge is 0.347 e. The van der Waals surface area contributed by atoms with E-state index in [1.807, 2.05) is 38.1 Å². The highest BCUT2D eigenvalue weighted by Gasteiger charge is 2.32. The Bertz CT molecular complexity index is 327. The standard InChI is InChI=1S/C11H13ClO2/c1-7-11(14-8(2)13-7)9-5-3-4-6-10(9)12/h3-8,11H,1-2H3/t7-,8?,11+/m1/s1. The molecular formula is C11H13ClO2. The Kier molecular flexibility index (Phi) is 2.77. The van der Waals surface area contributed by atoms with Gasteiger partial charge in [0.1, 0.15) is 6.10 Å². The molecule has 1 aromatic carbocycles. The zero-order valence-corrected chi connectivity index (χ0v) is 8.99. The average molecular weight is 213 g/mol. The van der Waals surface area contributed by atoms with E-state index in [0.717, 1.165) is 10.6 Å². The lowest BCUT2D eigenvalue weighted by atomic mass is 10.1. The van der Waals surface area contributed by atoms with E-state index in [1.54, 1.807) is 0 Å². The van der Waals surface area contributed by atoms with Crippen LogP contribution in [-0.4, -0.2) is 12.4 Å². The Hall–Kier alpha value is -0.570. The third-order valence-electron chi connectivity index (χ3n) is 2.38. The van der Waals surface area contributed by atoms with Gasteiger partial charge in [-0.1, -0.05) is 29.8 Å². The van der Waals surface area contributed by atoms with Gasteiger partial charge in [-0.25, -0.2) is 0 Å². The van der Waals surface area contributed by atoms with Gasteiger partial charge in [0.25, 0.3) is 0 Å². The summed E-state index contributed by atoms with van der Waals surface area (Å²) in [6, 6.07) is 7.72. The van der Waals surface area contributed by atoms with Gasteiger partial charge in [-0.3, -0.25) is 0 Å². The predicted molar refractivity (Wildman–Crippen MR) is 55.3 cm³/mol. The summed E-state index contributed by atoms with van der Waals surface area (Å²) in [5, 5.41) is 0.738. The Balaban J connectivity index is 2.27. The average Bonchev–Trinajstić information content (AvgIpc) is 2.46. The molecule has 2 nitrogen and oxygen atoms in total. The van der Waals surface area contributed by atoms with Crippen LogP contribution in [0, 0.1) is 0 Å². The van der Waals surface area contributed by atoms with Gasteiger partial charge in [-0.15, -0.1) is 0 Å². The number of ether oxygens (including phenoxy) is 2. The highest BCUT2D eigenvalue weighted by atomic mass is 35.5. The van der Waals surface area contributed by atoms with Crippen LogP contribution in [0.1, 0.15) is 25.5 Å². The molecule has 2 rings (SSSR count). The number of rotatable bonds is 1. The van der Waals surface area contributed by atoms with Crippen molar-refractivity contribution in [2.75, 3.05) is 0 Å². The van der Waals surface area contributed by atoms with E-state index < -0.39 is 0 Å². The Morgan fingerprint density at radius 3 is 2.43 bits per heavy atom. The molecule has 1 aliphatic heterocycles. The van der Waals surface area contributed by atoms with Crippen LogP contribution >= 0.6 is 11.6 Å². The van der Waals surface area contributed by atoms with Gasteiger partial charge >= 0.3 is 0 Å². The second kappa shape index (κ2) is 3.89. The van der Waals surface area contributed by atoms with Crippen molar-refractivity contribution in [1.29, 1.82) is 0 Å². The van der Waals surface area contributed by atoms with E-state index in [-0.39, 0.29) is 18.5 Å². The van der Waals surface area contributed by atoms with E-state index >= 15 is 0 Å². The van der Waals surface area contributed by atoms with Crippen LogP contribution in [0.25, 0.3) is 0 Å². The third kappa shape index (κ3) is 1.78. The first-order chi connectivity index (χ1) is 6.68. The lowest BCUT2D eigenvalue weighted by Crippen LogP contribution is -2.10. The van der Waals surface area contributed by atoms with Gasteiger partial charge in [0.05, 0.1) is 6.10 Å². The van der Waals surface area contributed by atoms with Crippen molar-refractivity contribution in [2.45, 2.75) is 32.3 Å². The first-order valence-corrected chi connectivity index (χ1v) is 5.11. The van der Waals surface area contributed by atoms with Crippen molar-refractivity contribution in [3.05, 3.63) is 34.9 Å². The number of benzene rings is 1. The minimum absolute atomic E-state index is 0.0429. The molecule has 0 N–H and O–H groups in total. The second-order valence-electron chi connectivity index (χ2n) is 3.49. The normalized spacial score (nSPS) is 32.1. The monoisotopic (exact) mass is 212 g/mol. The zero-order chi connectivity index (χ0) is 10.1. The maximum absolute atomic E-state index is 6.08. The van der Waals surface area contributed by atoms with Gasteiger partial charge < -0.3 is 9.47 Å². The molecule has 1 aliphatic rings. The fraction of sp³-hybridized carbons (Fsp3) is 0.455. The Morgan fingerprint density at radius 2 is 1.86 bits per heavy atom. The van der Waals surface area contributed by atoms with Gasteiger partial charge in [0, 0.05) is 10.6 Å². The maximum atomic E-state index is 6.08. The molecular weight excluding hydrogens is 200 g/mol. The van der Waals surface area contributed by atoms with Crippen molar-refractivity contribution in [3.63, 3.8) is 0 Å². The van der Waals surface area contributed by atoms with Crippen LogP contribution in [0.4, 0.5) is 0 Å². The van der Waals surface area contributed by atoms with E-state index in [1.165, 1.54) is 0 Å². The summed E-state index contributed by atoms with van der Waals surface area (Å²) >= 11 is 6.08. The molecule has 0 aromatic heterocycles. The maximum Gasteiger partial charge on any atom is 0.156 e. The number of hydrogen-bond acceptors (Lipinski definition) is 2. The molecule has 76 valence electrons. The molecule has 1 fully saturated rings. The molecule has 0 radical (unpaired) electrons. The number of halogens is 1. The summed E-state index contributed by atoms with van der Waals surface area (Å²) in [4.78, 5) is 0. The van der Waals surface area contributed by atoms with E-state index in [9.17, 15) is 0 Å². The van der Waals surface area contributed by atoms with Crippen molar-refractivity contribution in [3.8, 4) is 0 Å². The summed E-state index contributed by atoms with van der Waals surface area (Å²) in [6.45, 7) is 3.89. The molecule has 1 aromatic rings. The molecule has 1 saturated heterocycles. The SMILES string of the molecule is CC1O[C@H](c2ccccc2Cl)[C@@H](C)O1. The van der Waals surface area contributed by atoms with E-state index in [0.29, 0.717) is 0 Å². The highest BCUT2D eigenvalue weighted by Crippen LogP contribution is 2.35. The van der Waals surface area contributed by atoms with Gasteiger partial charge in [0.15, 0.2) is 6.29 Å². The fourth-order valence-corrected chi connectivity index (χ4v) is 2.00. The predicted octanol–water partition coefficient (Wildman–Crippen LogP) is 3.16. The minimum atomic E-state index is -0.147. The molecule has 3 atom stereocenters. The molecule has 14 heavy (non-hydrogen) atoms. The van der Waals surface area contributed by atoms with Gasteiger partial charge in [0.2, 0.25) is 0 Å². The lowest BCUT2D eigenvalue weighted by molar-refractivity contribution is -0.0494. The van der Waals surface area contributed by atoms with Crippen LogP contribution in [0.2, 0.25) is 5.02 Å². The van der Waals surface area contributed by atoms with Crippen molar-refractivity contribution < 1.29 is 9.47 Å². The fourth-order valence-electron chi connectivity index (χ4n) is 1.75. The van der Waals surface area contributed by atoms with E-state index in [4.69, 9.17) is 21.1 Å². The van der Waals surface area contributed by atoms with Crippen LogP contribution in [0.15, 0.2) is 24.3 Å². The molecule has 1 unspecified atom stereocenters. The number of hydrogen-bond donors (Lipinski definition) is 0. The summed E-state index contributed by atoms with van der Waals surface area (Å²) in [5.74, 6) is 0. The Labute approximate surface area is 88.8 Å². The summed E-state index contributed by atoms with van der Waals surface area (Å²) < 4.78 is 11.1. The van der Waals surface area contributed by atoms with Crippen molar-refractivity contribution >= 4 is 11.6 Å². The smallest absolute Gasteiger partial charge is 0.156 e. The first kappa shape index (κ1) is 9.97. The van der Waals surface area contributed by atoms with Crippen LogP contribution < -0.4 is 0 Å². The van der Waals surface area contributed by atoms with Gasteiger partial charge in [-0.05, 0) is 19.9 Å². The molecule has 0 bridgehead atoms. The molecule has 0 amide bonds. The minimum Gasteiger partial charge on any atom is -0.347 e. The Morgan fingerprint density at radius 1 is 1.14 bits per heavy atom. The van der Waals surface area contributed by atoms with Crippen LogP contribution in [0.3, 0.4) is 0 Å². The van der Waals surface area contributed by atoms with Crippen LogP contribution in [-0.2, 0) is 9.47 Å². The topological polar surface area (TPSA) is 18.5 Å². The molecule has 0 spiro atoms. The quantitative estimate of drug-likeness (QED) is 0.712. The highest BCUT2D eigenvalue weighted by molar-refractivity contribution is 6.31. The van der Waals surface area contributed by atoms with Gasteiger partial charge in [-0.2, -0.15) is 0 Å². The lowest BCUT2D eigenvalue weighted by Gasteiger charge is -2.14. The second-order valence-corrected chi connectivity index (χ2v) is 3.89. The molecule has 3 heteroatoms. The zero-order valence-electron chi connectivity index (χ0n) is 8.24. The summed E-state index contributed by atoms with van der Waals surface area (Å²) in [7, 11) is 0. The summed E-state index contributed by atoms with van der Waals surface area (Å²) in [5.41, 5.74) is 1.01. The van der Waals surface area contributed by atoms with Crippen molar-refractivity contribution in [1.82, 2.24) is 0 Å². The summed E-state index contributed by atoms with van der Waals surface area (Å²) in [6.07, 6.45) is -0.130. The molecule has 0 aliphatic carbocycles. The van der Waals surface area contributed by atoms with Crippen LogP contribution in [0.5, 0.6) is 0 Å². The van der Waals surface area contributed by atoms with E-state index in [2.05, 4.69) is 0 Å². The third-order valence-corrected chi connectivity index (χ3v) is 2.73. The molecule has 1 heterocycles.